The molecule has 0 amide bonds. The largest absolute Gasteiger partial charge is 0.482 e. The van der Waals surface area contributed by atoms with E-state index in [1.165, 1.54) is 7.11 Å². The number of carbonyl (C=O) groups is 1. The Labute approximate surface area is 77.5 Å². The third kappa shape index (κ3) is 1.78. The highest BCUT2D eigenvalue weighted by molar-refractivity contribution is 5.76. The summed E-state index contributed by atoms with van der Waals surface area (Å²) in [6.45, 7) is 0. The van der Waals surface area contributed by atoms with Crippen LogP contribution in [-0.4, -0.2) is 18.4 Å². The maximum atomic E-state index is 12.3. The maximum absolute atomic E-state index is 12.3. The lowest BCUT2D eigenvalue weighted by molar-refractivity contribution is 0.110. The molecule has 0 saturated heterocycles. The molecule has 6 heteroatoms. The van der Waals surface area contributed by atoms with Gasteiger partial charge in [0.05, 0.1) is 12.7 Å². The topological polar surface area (TPSA) is 59.2 Å². The molecule has 14 heavy (non-hydrogen) atoms. The number of methoxy groups -OCH3 is 1. The lowest BCUT2D eigenvalue weighted by Gasteiger charge is -2.05. The second-order valence-electron chi connectivity index (χ2n) is 2.45. The number of pyridine rings is 1. The van der Waals surface area contributed by atoms with Crippen molar-refractivity contribution < 1.29 is 18.3 Å². The number of H-pyrrole nitrogens is 1. The smallest absolute Gasteiger partial charge is 0.264 e. The number of hydrogen-bond donors (Lipinski definition) is 1. The number of aromatic amines is 1. The number of halogens is 2. The van der Waals surface area contributed by atoms with Gasteiger partial charge in [0.1, 0.15) is 0 Å². The van der Waals surface area contributed by atoms with Gasteiger partial charge in [0.25, 0.3) is 12.0 Å². The van der Waals surface area contributed by atoms with Crippen LogP contribution in [0.4, 0.5) is 8.78 Å². The second kappa shape index (κ2) is 3.99. The monoisotopic (exact) mass is 203 g/mol. The van der Waals surface area contributed by atoms with E-state index in [4.69, 9.17) is 0 Å². The van der Waals surface area contributed by atoms with Crippen LogP contribution < -0.4 is 10.3 Å². The molecule has 0 atom stereocenters. The van der Waals surface area contributed by atoms with Crippen LogP contribution in [0.2, 0.25) is 0 Å². The highest BCUT2D eigenvalue weighted by Gasteiger charge is 2.17. The molecule has 76 valence electrons. The fourth-order valence-corrected chi connectivity index (χ4v) is 0.977. The van der Waals surface area contributed by atoms with E-state index in [-0.39, 0.29) is 12.2 Å². The Bertz CT molecular complexity index is 400. The Morgan fingerprint density at radius 2 is 2.21 bits per heavy atom. The van der Waals surface area contributed by atoms with Crippen LogP contribution >= 0.6 is 0 Å². The van der Waals surface area contributed by atoms with Gasteiger partial charge in [-0.1, -0.05) is 0 Å². The van der Waals surface area contributed by atoms with Gasteiger partial charge in [-0.05, 0) is 0 Å². The number of nitrogens with one attached hydrogen (secondary N) is 1. The fourth-order valence-electron chi connectivity index (χ4n) is 0.977. The molecule has 0 fully saturated rings. The van der Waals surface area contributed by atoms with Crippen molar-refractivity contribution >= 4 is 6.29 Å². The van der Waals surface area contributed by atoms with E-state index in [9.17, 15) is 18.4 Å². The van der Waals surface area contributed by atoms with Crippen LogP contribution in [-0.2, 0) is 0 Å². The van der Waals surface area contributed by atoms with Gasteiger partial charge in [-0.3, -0.25) is 14.6 Å². The highest BCUT2D eigenvalue weighted by atomic mass is 19.3. The third-order valence-corrected chi connectivity index (χ3v) is 1.65. The van der Waals surface area contributed by atoms with E-state index in [2.05, 4.69) is 9.72 Å². The van der Waals surface area contributed by atoms with Crippen molar-refractivity contribution in [1.82, 2.24) is 4.98 Å². The molecule has 0 bridgehead atoms. The van der Waals surface area contributed by atoms with Crippen LogP contribution in [0, 0.1) is 0 Å². The summed E-state index contributed by atoms with van der Waals surface area (Å²) in [6, 6.07) is 0.926. The Morgan fingerprint density at radius 3 is 2.64 bits per heavy atom. The third-order valence-electron chi connectivity index (χ3n) is 1.65. The van der Waals surface area contributed by atoms with Gasteiger partial charge in [0, 0.05) is 11.6 Å². The molecule has 0 radical (unpaired) electrons. The molecule has 0 aromatic carbocycles. The summed E-state index contributed by atoms with van der Waals surface area (Å²) in [4.78, 5) is 23.5. The zero-order chi connectivity index (χ0) is 10.7. The molecule has 4 nitrogen and oxygen atoms in total. The minimum atomic E-state index is -2.88. The van der Waals surface area contributed by atoms with Crippen molar-refractivity contribution in [2.45, 2.75) is 6.43 Å². The average Bonchev–Trinajstić information content (AvgIpc) is 2.16. The van der Waals surface area contributed by atoms with E-state index >= 15 is 0 Å². The Balaban J connectivity index is 3.43. The standard InChI is InChI=1S/C8H7F2NO3/c1-14-6-2-4(7(9)10)5(3-12)8(13)11-6/h2-3,7H,1H3,(H,11,13). The first-order chi connectivity index (χ1) is 6.60. The number of rotatable bonds is 3. The van der Waals surface area contributed by atoms with Gasteiger partial charge in [-0.2, -0.15) is 0 Å². The van der Waals surface area contributed by atoms with Gasteiger partial charge in [0.2, 0.25) is 0 Å². The second-order valence-corrected chi connectivity index (χ2v) is 2.45. The summed E-state index contributed by atoms with van der Waals surface area (Å²) in [6.07, 6.45) is -2.79. The van der Waals surface area contributed by atoms with Gasteiger partial charge < -0.3 is 4.74 Å². The highest BCUT2D eigenvalue weighted by Crippen LogP contribution is 2.22. The minimum Gasteiger partial charge on any atom is -0.482 e. The summed E-state index contributed by atoms with van der Waals surface area (Å²) in [7, 11) is 1.22. The first-order valence-corrected chi connectivity index (χ1v) is 3.64. The van der Waals surface area contributed by atoms with Gasteiger partial charge >= 0.3 is 0 Å². The Kier molecular flexibility index (Phi) is 2.95. The van der Waals surface area contributed by atoms with Crippen molar-refractivity contribution in [3.05, 3.63) is 27.5 Å². The molecule has 1 aromatic rings. The summed E-state index contributed by atoms with van der Waals surface area (Å²) < 4.78 is 29.3. The molecular formula is C8H7F2NO3. The first-order valence-electron chi connectivity index (χ1n) is 3.64. The van der Waals surface area contributed by atoms with Crippen LogP contribution in [0.15, 0.2) is 10.9 Å². The quantitative estimate of drug-likeness (QED) is 0.749. The summed E-state index contributed by atoms with van der Waals surface area (Å²) in [5.41, 5.74) is -2.07. The fraction of sp³-hybridized carbons (Fsp3) is 0.250. The SMILES string of the molecule is COc1cc(C(F)F)c(C=O)c(=O)[nH]1. The summed E-state index contributed by atoms with van der Waals surface area (Å²) in [5.74, 6) is -0.101. The molecule has 1 heterocycles. The normalized spacial score (nSPS) is 10.3. The predicted octanol–water partition coefficient (Wildman–Crippen LogP) is 1.13. The minimum absolute atomic E-state index is 0.0970. The maximum Gasteiger partial charge on any atom is 0.264 e. The van der Waals surface area contributed by atoms with Crippen molar-refractivity contribution in [2.24, 2.45) is 0 Å². The molecule has 0 unspecified atom stereocenters. The van der Waals surface area contributed by atoms with Crippen LogP contribution in [0.5, 0.6) is 5.88 Å². The molecule has 1 rings (SSSR count). The predicted molar refractivity (Wildman–Crippen MR) is 44.0 cm³/mol. The summed E-state index contributed by atoms with van der Waals surface area (Å²) >= 11 is 0. The molecule has 0 aliphatic heterocycles. The van der Waals surface area contributed by atoms with Gasteiger partial charge in [-0.25, -0.2) is 8.78 Å². The van der Waals surface area contributed by atoms with Crippen LogP contribution in [0.3, 0.4) is 0 Å². The summed E-state index contributed by atoms with van der Waals surface area (Å²) in [5, 5.41) is 0. The molecular weight excluding hydrogens is 196 g/mol. The van der Waals surface area contributed by atoms with Gasteiger partial charge in [-0.15, -0.1) is 0 Å². The number of carbonyl (C=O) groups excluding carboxylic acids is 1. The van der Waals surface area contributed by atoms with E-state index < -0.39 is 23.1 Å². The van der Waals surface area contributed by atoms with E-state index in [0.29, 0.717) is 0 Å². The van der Waals surface area contributed by atoms with Crippen LogP contribution in [0.1, 0.15) is 22.3 Å². The van der Waals surface area contributed by atoms with E-state index in [1.807, 2.05) is 0 Å². The molecule has 0 spiro atoms. The Hall–Kier alpha value is -1.72. The van der Waals surface area contributed by atoms with Crippen molar-refractivity contribution in [2.75, 3.05) is 7.11 Å². The average molecular weight is 203 g/mol. The number of ether oxygens (including phenoxy) is 1. The number of aromatic nitrogens is 1. The molecule has 0 aliphatic carbocycles. The lowest BCUT2D eigenvalue weighted by Crippen LogP contribution is -2.16. The zero-order valence-electron chi connectivity index (χ0n) is 7.21. The molecule has 1 N–H and O–H groups in total. The Morgan fingerprint density at radius 1 is 1.57 bits per heavy atom. The molecule has 1 aromatic heterocycles. The van der Waals surface area contributed by atoms with E-state index in [1.54, 1.807) is 0 Å². The van der Waals surface area contributed by atoms with Gasteiger partial charge in [0.15, 0.2) is 12.2 Å². The van der Waals surface area contributed by atoms with Crippen molar-refractivity contribution in [3.63, 3.8) is 0 Å². The zero-order valence-corrected chi connectivity index (χ0v) is 7.21. The van der Waals surface area contributed by atoms with Crippen LogP contribution in [0.25, 0.3) is 0 Å². The number of alkyl halides is 2. The van der Waals surface area contributed by atoms with Crippen molar-refractivity contribution in [1.29, 1.82) is 0 Å². The first kappa shape index (κ1) is 10.4. The number of aldehydes is 1. The van der Waals surface area contributed by atoms with Crippen molar-refractivity contribution in [3.8, 4) is 5.88 Å². The lowest BCUT2D eigenvalue weighted by atomic mass is 10.1. The number of hydrogen-bond acceptors (Lipinski definition) is 3. The van der Waals surface area contributed by atoms with E-state index in [0.717, 1.165) is 6.07 Å². The molecule has 0 aliphatic rings. The molecule has 0 saturated carbocycles.